The normalized spacial score (nSPS) is 19.4. The van der Waals surface area contributed by atoms with Crippen molar-refractivity contribution in [3.05, 3.63) is 29.8 Å². The lowest BCUT2D eigenvalue weighted by Crippen LogP contribution is -2.52. The van der Waals surface area contributed by atoms with Crippen LogP contribution in [0.4, 0.5) is 10.5 Å². The molecule has 1 unspecified atom stereocenters. The maximum atomic E-state index is 12.3. The van der Waals surface area contributed by atoms with Gasteiger partial charge in [-0.05, 0) is 23.1 Å². The lowest BCUT2D eigenvalue weighted by Gasteiger charge is -2.34. The van der Waals surface area contributed by atoms with E-state index in [4.69, 9.17) is 4.74 Å². The van der Waals surface area contributed by atoms with Crippen LogP contribution in [0, 0.1) is 0 Å². The first kappa shape index (κ1) is 15.8. The fourth-order valence-corrected chi connectivity index (χ4v) is 2.32. The third-order valence-electron chi connectivity index (χ3n) is 3.70. The maximum Gasteiger partial charge on any atom is 0.322 e. The van der Waals surface area contributed by atoms with Crippen LogP contribution in [0.2, 0.25) is 0 Å². The van der Waals surface area contributed by atoms with E-state index in [9.17, 15) is 9.90 Å². The molecule has 1 fully saturated rings. The van der Waals surface area contributed by atoms with Gasteiger partial charge in [0.2, 0.25) is 0 Å². The number of urea groups is 1. The van der Waals surface area contributed by atoms with E-state index < -0.39 is 0 Å². The first-order valence-corrected chi connectivity index (χ1v) is 7.28. The average Bonchev–Trinajstić information content (AvgIpc) is 2.46. The summed E-state index contributed by atoms with van der Waals surface area (Å²) < 4.78 is 5.28. The van der Waals surface area contributed by atoms with Crippen LogP contribution >= 0.6 is 0 Å². The molecular formula is C16H24N2O3. The number of aliphatic hydroxyl groups excluding tert-OH is 1. The van der Waals surface area contributed by atoms with Crippen LogP contribution in [0.1, 0.15) is 26.3 Å². The van der Waals surface area contributed by atoms with Crippen LogP contribution in [0.15, 0.2) is 24.3 Å². The number of nitrogens with zero attached hydrogens (tertiary/aromatic N) is 1. The van der Waals surface area contributed by atoms with Crippen molar-refractivity contribution in [2.24, 2.45) is 0 Å². The molecule has 0 spiro atoms. The molecule has 1 aromatic carbocycles. The Balaban J connectivity index is 2.02. The van der Waals surface area contributed by atoms with E-state index in [-0.39, 0.29) is 24.1 Å². The van der Waals surface area contributed by atoms with Gasteiger partial charge in [-0.15, -0.1) is 0 Å². The number of anilines is 1. The second-order valence-electron chi connectivity index (χ2n) is 6.36. The van der Waals surface area contributed by atoms with Crippen molar-refractivity contribution in [3.8, 4) is 0 Å². The maximum absolute atomic E-state index is 12.3. The van der Waals surface area contributed by atoms with Crippen molar-refractivity contribution < 1.29 is 14.6 Å². The smallest absolute Gasteiger partial charge is 0.322 e. The Bertz CT molecular complexity index is 479. The molecule has 2 N–H and O–H groups in total. The van der Waals surface area contributed by atoms with Gasteiger partial charge in [-0.25, -0.2) is 4.79 Å². The van der Waals surface area contributed by atoms with Crippen molar-refractivity contribution >= 4 is 11.7 Å². The summed E-state index contributed by atoms with van der Waals surface area (Å²) in [5.41, 5.74) is 2.07. The Morgan fingerprint density at radius 3 is 2.62 bits per heavy atom. The zero-order chi connectivity index (χ0) is 15.5. The van der Waals surface area contributed by atoms with E-state index in [2.05, 4.69) is 26.1 Å². The van der Waals surface area contributed by atoms with Crippen molar-refractivity contribution in [2.75, 3.05) is 31.7 Å². The molecule has 21 heavy (non-hydrogen) atoms. The number of carbonyl (C=O) groups excluding carboxylic acids is 1. The van der Waals surface area contributed by atoms with Gasteiger partial charge in [-0.2, -0.15) is 0 Å². The molecule has 0 bridgehead atoms. The number of carbonyl (C=O) groups is 1. The minimum Gasteiger partial charge on any atom is -0.394 e. The molecule has 116 valence electrons. The van der Waals surface area contributed by atoms with Gasteiger partial charge >= 0.3 is 6.03 Å². The van der Waals surface area contributed by atoms with E-state index in [1.807, 2.05) is 24.3 Å². The molecular weight excluding hydrogens is 268 g/mol. The number of rotatable bonds is 2. The number of amides is 2. The summed E-state index contributed by atoms with van der Waals surface area (Å²) in [5.74, 6) is 0. The number of aliphatic hydroxyl groups is 1. The van der Waals surface area contributed by atoms with E-state index in [0.717, 1.165) is 5.69 Å². The van der Waals surface area contributed by atoms with Gasteiger partial charge in [0.15, 0.2) is 0 Å². The first-order valence-electron chi connectivity index (χ1n) is 7.28. The molecule has 5 nitrogen and oxygen atoms in total. The van der Waals surface area contributed by atoms with Crippen molar-refractivity contribution in [1.29, 1.82) is 0 Å². The molecule has 1 heterocycles. The third-order valence-corrected chi connectivity index (χ3v) is 3.70. The largest absolute Gasteiger partial charge is 0.394 e. The van der Waals surface area contributed by atoms with Crippen molar-refractivity contribution in [1.82, 2.24) is 4.90 Å². The van der Waals surface area contributed by atoms with Gasteiger partial charge < -0.3 is 20.1 Å². The Morgan fingerprint density at radius 2 is 2.05 bits per heavy atom. The van der Waals surface area contributed by atoms with Crippen molar-refractivity contribution in [2.45, 2.75) is 32.2 Å². The lowest BCUT2D eigenvalue weighted by molar-refractivity contribution is -0.00485. The standard InChI is InChI=1S/C16H24N2O3/c1-16(2,3)12-4-6-13(7-5-12)17-15(20)18-8-9-21-11-14(18)10-19/h4-7,14,19H,8-11H2,1-3H3,(H,17,20). The minimum atomic E-state index is -0.271. The monoisotopic (exact) mass is 292 g/mol. The molecule has 0 radical (unpaired) electrons. The number of morpholine rings is 1. The Kier molecular flexibility index (Phi) is 4.85. The first-order chi connectivity index (χ1) is 9.91. The zero-order valence-corrected chi connectivity index (χ0v) is 12.9. The summed E-state index contributed by atoms with van der Waals surface area (Å²) in [7, 11) is 0. The summed E-state index contributed by atoms with van der Waals surface area (Å²) in [5, 5.41) is 12.2. The number of hydrogen-bond acceptors (Lipinski definition) is 3. The molecule has 1 aliphatic heterocycles. The topological polar surface area (TPSA) is 61.8 Å². The second kappa shape index (κ2) is 6.45. The molecule has 1 aliphatic rings. The van der Waals surface area contributed by atoms with Crippen LogP contribution in [0.25, 0.3) is 0 Å². The summed E-state index contributed by atoms with van der Waals surface area (Å²) in [6.07, 6.45) is 0. The predicted molar refractivity (Wildman–Crippen MR) is 82.6 cm³/mol. The fraction of sp³-hybridized carbons (Fsp3) is 0.562. The molecule has 2 rings (SSSR count). The summed E-state index contributed by atoms with van der Waals surface area (Å²) >= 11 is 0. The van der Waals surface area contributed by atoms with Crippen LogP contribution in [-0.2, 0) is 10.2 Å². The average molecular weight is 292 g/mol. The molecule has 0 aliphatic carbocycles. The number of nitrogens with one attached hydrogen (secondary N) is 1. The number of hydrogen-bond donors (Lipinski definition) is 2. The van der Waals surface area contributed by atoms with Gasteiger partial charge in [0.05, 0.1) is 25.9 Å². The van der Waals surface area contributed by atoms with Gasteiger partial charge in [0, 0.05) is 12.2 Å². The number of benzene rings is 1. The molecule has 1 atom stereocenters. The molecule has 2 amide bonds. The van der Waals surface area contributed by atoms with E-state index >= 15 is 0 Å². The molecule has 1 saturated heterocycles. The Morgan fingerprint density at radius 1 is 1.38 bits per heavy atom. The highest BCUT2D eigenvalue weighted by Crippen LogP contribution is 2.23. The van der Waals surface area contributed by atoms with Crippen LogP contribution in [0.3, 0.4) is 0 Å². The van der Waals surface area contributed by atoms with Crippen LogP contribution < -0.4 is 5.32 Å². The van der Waals surface area contributed by atoms with Crippen molar-refractivity contribution in [3.63, 3.8) is 0 Å². The minimum absolute atomic E-state index is 0.0869. The Hall–Kier alpha value is -1.59. The molecule has 5 heteroatoms. The predicted octanol–water partition coefficient (Wildman–Crippen LogP) is 2.21. The van der Waals surface area contributed by atoms with E-state index in [1.165, 1.54) is 5.56 Å². The van der Waals surface area contributed by atoms with Crippen LogP contribution in [0.5, 0.6) is 0 Å². The summed E-state index contributed by atoms with van der Waals surface area (Å²) in [6.45, 7) is 7.76. The van der Waals surface area contributed by atoms with Gasteiger partial charge in [-0.1, -0.05) is 32.9 Å². The van der Waals surface area contributed by atoms with Gasteiger partial charge in [-0.3, -0.25) is 0 Å². The highest BCUT2D eigenvalue weighted by Gasteiger charge is 2.26. The van der Waals surface area contributed by atoms with E-state index in [1.54, 1.807) is 4.90 Å². The highest BCUT2D eigenvalue weighted by molar-refractivity contribution is 5.89. The molecule has 0 aromatic heterocycles. The fourth-order valence-electron chi connectivity index (χ4n) is 2.32. The molecule has 1 aromatic rings. The van der Waals surface area contributed by atoms with Gasteiger partial charge in [0.25, 0.3) is 0 Å². The quantitative estimate of drug-likeness (QED) is 0.878. The highest BCUT2D eigenvalue weighted by atomic mass is 16.5. The second-order valence-corrected chi connectivity index (χ2v) is 6.36. The molecule has 0 saturated carbocycles. The SMILES string of the molecule is CC(C)(C)c1ccc(NC(=O)N2CCOCC2CO)cc1. The lowest BCUT2D eigenvalue weighted by atomic mass is 9.87. The zero-order valence-electron chi connectivity index (χ0n) is 12.9. The van der Waals surface area contributed by atoms with Gasteiger partial charge in [0.1, 0.15) is 0 Å². The summed E-state index contributed by atoms with van der Waals surface area (Å²) in [6, 6.07) is 7.41. The third kappa shape index (κ3) is 3.95. The summed E-state index contributed by atoms with van der Waals surface area (Å²) in [4.78, 5) is 13.9. The number of ether oxygens (including phenoxy) is 1. The van der Waals surface area contributed by atoms with E-state index in [0.29, 0.717) is 19.8 Å². The Labute approximate surface area is 125 Å². The van der Waals surface area contributed by atoms with Crippen LogP contribution in [-0.4, -0.2) is 48.4 Å².